The summed E-state index contributed by atoms with van der Waals surface area (Å²) in [4.78, 5) is 0. The zero-order chi connectivity index (χ0) is 5.86. The lowest BCUT2D eigenvalue weighted by atomic mass is 10.3. The van der Waals surface area contributed by atoms with Crippen molar-refractivity contribution in [3.8, 4) is 0 Å². The largest absolute Gasteiger partial charge is 0.391 e. The topological polar surface area (TPSA) is 40.5 Å². The van der Waals surface area contributed by atoms with E-state index in [1.165, 1.54) is 0 Å². The Balaban J connectivity index is 3.14. The SMILES string of the molecule is CC(O)C(O)CBr. The van der Waals surface area contributed by atoms with Gasteiger partial charge >= 0.3 is 0 Å². The molecule has 0 aromatic heterocycles. The van der Waals surface area contributed by atoms with Crippen molar-refractivity contribution >= 4 is 15.9 Å². The first-order valence-electron chi connectivity index (χ1n) is 2.10. The van der Waals surface area contributed by atoms with Crippen LogP contribution in [0.4, 0.5) is 0 Å². The maximum absolute atomic E-state index is 8.64. The predicted octanol–water partition coefficient (Wildman–Crippen LogP) is 0.123. The second-order valence-corrected chi connectivity index (χ2v) is 2.11. The number of alkyl halides is 1. The molecule has 0 aliphatic rings. The van der Waals surface area contributed by atoms with Crippen LogP contribution in [0.2, 0.25) is 0 Å². The Hall–Kier alpha value is 0.400. The number of rotatable bonds is 2. The number of aliphatic hydroxyl groups is 2. The van der Waals surface area contributed by atoms with Gasteiger partial charge in [0, 0.05) is 5.33 Å². The van der Waals surface area contributed by atoms with E-state index in [1.807, 2.05) is 0 Å². The van der Waals surface area contributed by atoms with Gasteiger partial charge in [0.1, 0.15) is 0 Å². The monoisotopic (exact) mass is 168 g/mol. The van der Waals surface area contributed by atoms with E-state index in [9.17, 15) is 0 Å². The Kier molecular flexibility index (Phi) is 3.60. The van der Waals surface area contributed by atoms with Crippen LogP contribution in [0.25, 0.3) is 0 Å². The van der Waals surface area contributed by atoms with Crippen molar-refractivity contribution in [1.82, 2.24) is 0 Å². The molecule has 2 N–H and O–H groups in total. The smallest absolute Gasteiger partial charge is 0.0892 e. The molecule has 0 aliphatic carbocycles. The van der Waals surface area contributed by atoms with E-state index in [4.69, 9.17) is 10.2 Å². The summed E-state index contributed by atoms with van der Waals surface area (Å²) in [6, 6.07) is 0. The van der Waals surface area contributed by atoms with Crippen LogP contribution >= 0.6 is 15.9 Å². The molecule has 0 saturated carbocycles. The van der Waals surface area contributed by atoms with E-state index in [0.717, 1.165) is 0 Å². The first-order valence-corrected chi connectivity index (χ1v) is 3.22. The highest BCUT2D eigenvalue weighted by atomic mass is 79.9. The van der Waals surface area contributed by atoms with Gasteiger partial charge in [-0.25, -0.2) is 0 Å². The normalized spacial score (nSPS) is 18.9. The van der Waals surface area contributed by atoms with Crippen molar-refractivity contribution in [3.63, 3.8) is 0 Å². The van der Waals surface area contributed by atoms with Crippen LogP contribution < -0.4 is 0 Å². The Morgan fingerprint density at radius 1 is 1.57 bits per heavy atom. The standard InChI is InChI=1S/C4H9BrO2/c1-3(6)4(7)2-5/h3-4,6-7H,2H2,1H3. The fraction of sp³-hybridized carbons (Fsp3) is 1.00. The first-order chi connectivity index (χ1) is 3.18. The molecular weight excluding hydrogens is 160 g/mol. The zero-order valence-corrected chi connectivity index (χ0v) is 5.72. The van der Waals surface area contributed by atoms with Crippen LogP contribution in [0.5, 0.6) is 0 Å². The van der Waals surface area contributed by atoms with Crippen molar-refractivity contribution < 1.29 is 10.2 Å². The van der Waals surface area contributed by atoms with E-state index in [1.54, 1.807) is 6.92 Å². The third-order valence-electron chi connectivity index (χ3n) is 0.715. The molecule has 0 aliphatic heterocycles. The molecule has 2 nitrogen and oxygen atoms in total. The van der Waals surface area contributed by atoms with Gasteiger partial charge in [0.15, 0.2) is 0 Å². The van der Waals surface area contributed by atoms with Crippen molar-refractivity contribution in [2.45, 2.75) is 19.1 Å². The van der Waals surface area contributed by atoms with Gasteiger partial charge in [-0.2, -0.15) is 0 Å². The van der Waals surface area contributed by atoms with Crippen molar-refractivity contribution in [2.24, 2.45) is 0 Å². The van der Waals surface area contributed by atoms with Gasteiger partial charge in [-0.15, -0.1) is 0 Å². The average Bonchev–Trinajstić information content (AvgIpc) is 1.65. The minimum absolute atomic E-state index is 0.435. The van der Waals surface area contributed by atoms with Crippen molar-refractivity contribution in [3.05, 3.63) is 0 Å². The van der Waals surface area contributed by atoms with Crippen LogP contribution in [0.15, 0.2) is 0 Å². The molecule has 0 aromatic rings. The molecular formula is C4H9BrO2. The van der Waals surface area contributed by atoms with Gasteiger partial charge in [0.05, 0.1) is 12.2 Å². The fourth-order valence-electron chi connectivity index (χ4n) is 0.129. The quantitative estimate of drug-likeness (QED) is 0.576. The summed E-state index contributed by atoms with van der Waals surface area (Å²) in [5.41, 5.74) is 0. The predicted molar refractivity (Wildman–Crippen MR) is 31.5 cm³/mol. The maximum Gasteiger partial charge on any atom is 0.0892 e. The summed E-state index contributed by atoms with van der Waals surface area (Å²) < 4.78 is 0. The van der Waals surface area contributed by atoms with Gasteiger partial charge in [-0.1, -0.05) is 15.9 Å². The summed E-state index contributed by atoms with van der Waals surface area (Å²) in [6.45, 7) is 1.55. The van der Waals surface area contributed by atoms with Crippen LogP contribution in [0.1, 0.15) is 6.92 Å². The molecule has 0 spiro atoms. The molecule has 0 saturated heterocycles. The second-order valence-electron chi connectivity index (χ2n) is 1.46. The highest BCUT2D eigenvalue weighted by Gasteiger charge is 2.06. The number of hydrogen-bond acceptors (Lipinski definition) is 2. The molecule has 0 amide bonds. The molecule has 0 rings (SSSR count). The Bertz CT molecular complexity index is 47.0. The lowest BCUT2D eigenvalue weighted by Crippen LogP contribution is -2.23. The van der Waals surface area contributed by atoms with Crippen LogP contribution in [0.3, 0.4) is 0 Å². The van der Waals surface area contributed by atoms with E-state index in [-0.39, 0.29) is 0 Å². The molecule has 44 valence electrons. The first kappa shape index (κ1) is 7.40. The van der Waals surface area contributed by atoms with Crippen molar-refractivity contribution in [1.29, 1.82) is 0 Å². The van der Waals surface area contributed by atoms with Crippen LogP contribution in [0, 0.1) is 0 Å². The van der Waals surface area contributed by atoms with E-state index >= 15 is 0 Å². The third-order valence-corrected chi connectivity index (χ3v) is 1.38. The minimum atomic E-state index is -0.626. The third kappa shape index (κ3) is 3.02. The molecule has 2 unspecified atom stereocenters. The molecule has 0 bridgehead atoms. The second kappa shape index (κ2) is 3.41. The highest BCUT2D eigenvalue weighted by Crippen LogP contribution is 1.94. The maximum atomic E-state index is 8.64. The summed E-state index contributed by atoms with van der Waals surface area (Å²) in [5.74, 6) is 0. The van der Waals surface area contributed by atoms with Crippen LogP contribution in [-0.2, 0) is 0 Å². The van der Waals surface area contributed by atoms with Crippen LogP contribution in [-0.4, -0.2) is 27.8 Å². The molecule has 2 atom stereocenters. The molecule has 3 heteroatoms. The molecule has 7 heavy (non-hydrogen) atoms. The lowest BCUT2D eigenvalue weighted by Gasteiger charge is -2.07. The molecule has 0 fully saturated rings. The molecule has 0 radical (unpaired) electrons. The Morgan fingerprint density at radius 2 is 2.00 bits per heavy atom. The van der Waals surface area contributed by atoms with E-state index in [0.29, 0.717) is 5.33 Å². The van der Waals surface area contributed by atoms with Gasteiger partial charge in [0.25, 0.3) is 0 Å². The highest BCUT2D eigenvalue weighted by molar-refractivity contribution is 9.09. The summed E-state index contributed by atoms with van der Waals surface area (Å²) in [6.07, 6.45) is -1.25. The molecule has 0 heterocycles. The number of hydrogen-bond donors (Lipinski definition) is 2. The van der Waals surface area contributed by atoms with Gasteiger partial charge in [-0.05, 0) is 6.92 Å². The van der Waals surface area contributed by atoms with E-state index < -0.39 is 12.2 Å². The Morgan fingerprint density at radius 3 is 2.00 bits per heavy atom. The lowest BCUT2D eigenvalue weighted by molar-refractivity contribution is 0.0476. The van der Waals surface area contributed by atoms with E-state index in [2.05, 4.69) is 15.9 Å². The minimum Gasteiger partial charge on any atom is -0.391 e. The van der Waals surface area contributed by atoms with Gasteiger partial charge in [-0.3, -0.25) is 0 Å². The van der Waals surface area contributed by atoms with Gasteiger partial charge in [0.2, 0.25) is 0 Å². The summed E-state index contributed by atoms with van der Waals surface area (Å²) in [7, 11) is 0. The van der Waals surface area contributed by atoms with Crippen molar-refractivity contribution in [2.75, 3.05) is 5.33 Å². The Labute approximate surface area is 51.3 Å². The summed E-state index contributed by atoms with van der Waals surface area (Å²) >= 11 is 3.01. The summed E-state index contributed by atoms with van der Waals surface area (Å²) in [5, 5.41) is 17.6. The fourth-order valence-corrected chi connectivity index (χ4v) is 0.670. The number of halogens is 1. The number of aliphatic hydroxyl groups excluding tert-OH is 2. The molecule has 0 aromatic carbocycles. The van der Waals surface area contributed by atoms with Gasteiger partial charge < -0.3 is 10.2 Å². The zero-order valence-electron chi connectivity index (χ0n) is 4.13. The average molecular weight is 169 g/mol.